The van der Waals surface area contributed by atoms with Gasteiger partial charge in [-0.2, -0.15) is 4.31 Å². The van der Waals surface area contributed by atoms with Crippen LogP contribution in [0, 0.1) is 17.5 Å². The molecule has 2 amide bonds. The number of amides is 2. The number of rotatable bonds is 10. The Morgan fingerprint density at radius 3 is 2.06 bits per heavy atom. The number of nitrogens with two attached hydrogens (primary N) is 1. The third-order valence-electron chi connectivity index (χ3n) is 8.86. The zero-order chi connectivity index (χ0) is 37.8. The van der Waals surface area contributed by atoms with Crippen LogP contribution in [0.15, 0.2) is 102 Å². The van der Waals surface area contributed by atoms with Crippen molar-refractivity contribution < 1.29 is 35.9 Å². The van der Waals surface area contributed by atoms with E-state index in [1.165, 1.54) is 75.9 Å². The van der Waals surface area contributed by atoms with Crippen LogP contribution in [-0.4, -0.2) is 66.4 Å². The Labute approximate surface area is 302 Å². The number of carbonyl (C=O) groups is 2. The third kappa shape index (κ3) is 9.01. The SMILES string of the molecule is C[C@H]1CN(C(=O)OC(C)(C)C)C[C@H](CCc2c(F)cccc2NC(=O)C(N)C(c2cccc(F)c2)c2cccc(F)c2)N1S(=O)(=O)c1ccccc1. The third-order valence-corrected chi connectivity index (χ3v) is 10.9. The predicted molar refractivity (Wildman–Crippen MR) is 192 cm³/mol. The summed E-state index contributed by atoms with van der Waals surface area (Å²) in [6, 6.07) is 20.3. The fourth-order valence-corrected chi connectivity index (χ4v) is 8.48. The minimum atomic E-state index is -4.05. The quantitative estimate of drug-likeness (QED) is 0.184. The summed E-state index contributed by atoms with van der Waals surface area (Å²) in [6.07, 6.45) is -0.560. The van der Waals surface area contributed by atoms with Gasteiger partial charge in [-0.05, 0) is 100 Å². The van der Waals surface area contributed by atoms with Crippen molar-refractivity contribution in [1.82, 2.24) is 9.21 Å². The Hall–Kier alpha value is -4.72. The number of halogens is 3. The van der Waals surface area contributed by atoms with Crippen molar-refractivity contribution in [3.8, 4) is 0 Å². The van der Waals surface area contributed by atoms with E-state index in [2.05, 4.69) is 5.32 Å². The number of sulfonamides is 1. The van der Waals surface area contributed by atoms with Gasteiger partial charge in [0.2, 0.25) is 15.9 Å². The zero-order valence-corrected chi connectivity index (χ0v) is 30.2. The topological polar surface area (TPSA) is 122 Å². The summed E-state index contributed by atoms with van der Waals surface area (Å²) in [5.74, 6) is -3.47. The Morgan fingerprint density at radius 1 is 0.885 bits per heavy atom. The van der Waals surface area contributed by atoms with Gasteiger partial charge in [0.05, 0.1) is 10.9 Å². The van der Waals surface area contributed by atoms with Crippen LogP contribution in [0.5, 0.6) is 0 Å². The van der Waals surface area contributed by atoms with E-state index in [0.717, 1.165) is 0 Å². The first kappa shape index (κ1) is 38.5. The van der Waals surface area contributed by atoms with Gasteiger partial charge in [-0.1, -0.05) is 48.5 Å². The van der Waals surface area contributed by atoms with E-state index in [4.69, 9.17) is 10.5 Å². The molecule has 3 atom stereocenters. The maximum atomic E-state index is 15.6. The lowest BCUT2D eigenvalue weighted by atomic mass is 9.84. The molecule has 1 fully saturated rings. The summed E-state index contributed by atoms with van der Waals surface area (Å²) in [6.45, 7) is 6.97. The molecule has 1 unspecified atom stereocenters. The number of hydrogen-bond donors (Lipinski definition) is 2. The molecule has 1 saturated heterocycles. The Bertz CT molecular complexity index is 1960. The normalized spacial score (nSPS) is 17.5. The summed E-state index contributed by atoms with van der Waals surface area (Å²) < 4.78 is 79.2. The second-order valence-corrected chi connectivity index (χ2v) is 15.8. The molecule has 0 aromatic heterocycles. The highest BCUT2D eigenvalue weighted by Crippen LogP contribution is 2.32. The van der Waals surface area contributed by atoms with Crippen LogP contribution in [0.2, 0.25) is 0 Å². The molecule has 0 bridgehead atoms. The van der Waals surface area contributed by atoms with Gasteiger partial charge in [-0.25, -0.2) is 26.4 Å². The standard InChI is InChI=1S/C39H43F3N4O5S/c1-25-23-45(38(48)51-39(2,3)4)24-30(46(25)52(49,50)31-15-6-5-7-16-31)19-20-32-33(42)17-10-18-34(32)44-37(47)36(43)35(26-11-8-13-28(40)21-26)27-12-9-14-29(41)22-27/h5-18,21-22,25,30,35-36H,19-20,23-24,43H2,1-4H3,(H,44,47)/t25-,30-,36?/m0/s1. The highest BCUT2D eigenvalue weighted by Gasteiger charge is 2.42. The van der Waals surface area contributed by atoms with E-state index < -0.39 is 69.1 Å². The van der Waals surface area contributed by atoms with Gasteiger partial charge in [0, 0.05) is 42.3 Å². The van der Waals surface area contributed by atoms with Crippen LogP contribution in [0.1, 0.15) is 56.7 Å². The Morgan fingerprint density at radius 2 is 1.48 bits per heavy atom. The van der Waals surface area contributed by atoms with Gasteiger partial charge in [0.25, 0.3) is 0 Å². The molecule has 13 heteroatoms. The zero-order valence-electron chi connectivity index (χ0n) is 29.4. The largest absolute Gasteiger partial charge is 0.444 e. The van der Waals surface area contributed by atoms with Crippen LogP contribution >= 0.6 is 0 Å². The number of piperazine rings is 1. The second-order valence-electron chi connectivity index (χ2n) is 13.9. The van der Waals surface area contributed by atoms with Crippen molar-refractivity contribution >= 4 is 27.7 Å². The van der Waals surface area contributed by atoms with E-state index in [0.29, 0.717) is 11.1 Å². The fourth-order valence-electron chi connectivity index (χ4n) is 6.63. The molecule has 4 aromatic rings. The maximum Gasteiger partial charge on any atom is 0.410 e. The number of carbonyl (C=O) groups excluding carboxylic acids is 2. The number of hydrogen-bond acceptors (Lipinski definition) is 6. The molecule has 0 spiro atoms. The second kappa shape index (κ2) is 15.9. The highest BCUT2D eigenvalue weighted by atomic mass is 32.2. The summed E-state index contributed by atoms with van der Waals surface area (Å²) in [7, 11) is -4.05. The molecule has 1 aliphatic rings. The summed E-state index contributed by atoms with van der Waals surface area (Å²) in [4.78, 5) is 28.5. The first-order valence-electron chi connectivity index (χ1n) is 17.0. The molecule has 0 saturated carbocycles. The summed E-state index contributed by atoms with van der Waals surface area (Å²) in [5.41, 5.74) is 6.59. The van der Waals surface area contributed by atoms with Crippen molar-refractivity contribution in [3.63, 3.8) is 0 Å². The average Bonchev–Trinajstić information content (AvgIpc) is 3.07. The molecule has 52 heavy (non-hydrogen) atoms. The fraction of sp³-hybridized carbons (Fsp3) is 0.333. The molecule has 1 aliphatic heterocycles. The number of nitrogens with one attached hydrogen (secondary N) is 1. The van der Waals surface area contributed by atoms with E-state index in [9.17, 15) is 26.8 Å². The highest BCUT2D eigenvalue weighted by molar-refractivity contribution is 7.89. The Kier molecular flexibility index (Phi) is 11.8. The predicted octanol–water partition coefficient (Wildman–Crippen LogP) is 6.83. The van der Waals surface area contributed by atoms with Crippen LogP contribution in [0.4, 0.5) is 23.7 Å². The van der Waals surface area contributed by atoms with E-state index in [1.807, 2.05) is 0 Å². The summed E-state index contributed by atoms with van der Waals surface area (Å²) >= 11 is 0. The van der Waals surface area contributed by atoms with Gasteiger partial charge in [-0.15, -0.1) is 0 Å². The molecule has 1 heterocycles. The molecule has 9 nitrogen and oxygen atoms in total. The minimum Gasteiger partial charge on any atom is -0.444 e. The van der Waals surface area contributed by atoms with Crippen molar-refractivity contribution in [2.75, 3.05) is 18.4 Å². The summed E-state index contributed by atoms with van der Waals surface area (Å²) in [5, 5.41) is 2.71. The number of benzene rings is 4. The first-order chi connectivity index (χ1) is 24.5. The van der Waals surface area contributed by atoms with Gasteiger partial charge >= 0.3 is 6.09 Å². The molecule has 0 radical (unpaired) electrons. The Balaban J connectivity index is 1.43. The van der Waals surface area contributed by atoms with Gasteiger partial charge in [-0.3, -0.25) is 4.79 Å². The van der Waals surface area contributed by atoms with E-state index in [1.54, 1.807) is 58.0 Å². The van der Waals surface area contributed by atoms with Crippen molar-refractivity contribution in [2.45, 2.75) is 75.1 Å². The van der Waals surface area contributed by atoms with Crippen LogP contribution in [0.3, 0.4) is 0 Å². The monoisotopic (exact) mass is 736 g/mol. The smallest absolute Gasteiger partial charge is 0.410 e. The molecule has 276 valence electrons. The minimum absolute atomic E-state index is 0.0186. The average molecular weight is 737 g/mol. The lowest BCUT2D eigenvalue weighted by molar-refractivity contribution is -0.117. The number of anilines is 1. The van der Waals surface area contributed by atoms with Crippen molar-refractivity contribution in [1.29, 1.82) is 0 Å². The van der Waals surface area contributed by atoms with Crippen molar-refractivity contribution in [3.05, 3.63) is 131 Å². The first-order valence-corrected chi connectivity index (χ1v) is 18.4. The number of nitrogens with zero attached hydrogens (tertiary/aromatic N) is 2. The molecule has 3 N–H and O–H groups in total. The van der Waals surface area contributed by atoms with Gasteiger partial charge < -0.3 is 20.7 Å². The van der Waals surface area contributed by atoms with Crippen LogP contribution in [0.25, 0.3) is 0 Å². The maximum absolute atomic E-state index is 15.6. The molecule has 5 rings (SSSR count). The molecule has 4 aromatic carbocycles. The lowest BCUT2D eigenvalue weighted by Gasteiger charge is -2.44. The molecular formula is C39H43F3N4O5S. The molecule has 0 aliphatic carbocycles. The van der Waals surface area contributed by atoms with Gasteiger partial charge in [0.15, 0.2) is 0 Å². The van der Waals surface area contributed by atoms with Crippen LogP contribution < -0.4 is 11.1 Å². The number of ether oxygens (including phenoxy) is 1. The van der Waals surface area contributed by atoms with E-state index >= 15 is 4.39 Å². The molecular weight excluding hydrogens is 694 g/mol. The lowest BCUT2D eigenvalue weighted by Crippen LogP contribution is -2.61. The van der Waals surface area contributed by atoms with Crippen molar-refractivity contribution in [2.24, 2.45) is 5.73 Å². The van der Waals surface area contributed by atoms with Crippen LogP contribution in [-0.2, 0) is 26.0 Å². The van der Waals surface area contributed by atoms with Gasteiger partial charge in [0.1, 0.15) is 23.1 Å². The van der Waals surface area contributed by atoms with E-state index in [-0.39, 0.29) is 42.1 Å².